The number of rotatable bonds is 13. The van der Waals surface area contributed by atoms with Crippen LogP contribution in [0.15, 0.2) is 51.9 Å². The molecule has 0 aliphatic rings. The van der Waals surface area contributed by atoms with Crippen molar-refractivity contribution in [2.24, 2.45) is 0 Å². The van der Waals surface area contributed by atoms with Gasteiger partial charge in [0.05, 0.1) is 25.4 Å². The van der Waals surface area contributed by atoms with Gasteiger partial charge in [0.2, 0.25) is 5.43 Å². The molecule has 1 heterocycles. The maximum absolute atomic E-state index is 13.4. The molecule has 172 valence electrons. The van der Waals surface area contributed by atoms with Crippen molar-refractivity contribution in [2.45, 2.75) is 19.3 Å². The molecule has 8 heteroatoms. The van der Waals surface area contributed by atoms with Crippen molar-refractivity contribution in [3.8, 4) is 28.4 Å². The Bertz CT molecular complexity index is 1050. The minimum Gasteiger partial charge on any atom is -0.494 e. The van der Waals surface area contributed by atoms with Gasteiger partial charge in [0.15, 0.2) is 0 Å². The van der Waals surface area contributed by atoms with E-state index in [-0.39, 0.29) is 5.43 Å². The van der Waals surface area contributed by atoms with E-state index < -0.39 is 0 Å². The van der Waals surface area contributed by atoms with E-state index >= 15 is 0 Å². The van der Waals surface area contributed by atoms with Gasteiger partial charge < -0.3 is 18.6 Å². The molecule has 0 saturated carbocycles. The zero-order valence-corrected chi connectivity index (χ0v) is 22.3. The van der Waals surface area contributed by atoms with Crippen LogP contribution in [0.3, 0.4) is 0 Å². The van der Waals surface area contributed by atoms with Crippen LogP contribution >= 0.6 is 47.8 Å². The molecule has 0 spiro atoms. The van der Waals surface area contributed by atoms with Crippen LogP contribution in [0, 0.1) is 0 Å². The van der Waals surface area contributed by atoms with E-state index in [4.69, 9.17) is 18.6 Å². The molecule has 0 unspecified atom stereocenters. The Kier molecular flexibility index (Phi) is 10.4. The van der Waals surface area contributed by atoms with E-state index in [1.54, 1.807) is 12.1 Å². The molecule has 0 aliphatic carbocycles. The monoisotopic (exact) mass is 630 g/mol. The van der Waals surface area contributed by atoms with Crippen molar-refractivity contribution in [1.29, 1.82) is 0 Å². The third kappa shape index (κ3) is 6.75. The number of hydrogen-bond donors (Lipinski definition) is 0. The van der Waals surface area contributed by atoms with Gasteiger partial charge in [-0.25, -0.2) is 0 Å². The lowest BCUT2D eigenvalue weighted by Gasteiger charge is -2.13. The van der Waals surface area contributed by atoms with Crippen molar-refractivity contribution in [1.82, 2.24) is 0 Å². The number of hydrogen-bond acceptors (Lipinski definition) is 5. The zero-order valence-electron chi connectivity index (χ0n) is 17.6. The number of alkyl halides is 3. The fraction of sp³-hybridized carbons (Fsp3) is 0.375. The standard InChI is InChI=1S/C24H25Br3O5/c25-8-1-11-29-18-6-4-17(5-7-18)20-16-32-22-15-19(30-12-2-9-26)14-21(23(22)24(20)28)31-13-3-10-27/h4-7,14-16H,1-3,8-13H2. The molecule has 0 fully saturated rings. The third-order valence-corrected chi connectivity index (χ3v) is 6.29. The summed E-state index contributed by atoms with van der Waals surface area (Å²) in [7, 11) is 0. The van der Waals surface area contributed by atoms with Crippen LogP contribution in [0.5, 0.6) is 17.2 Å². The summed E-state index contributed by atoms with van der Waals surface area (Å²) in [6, 6.07) is 11.0. The average molecular weight is 633 g/mol. The maximum Gasteiger partial charge on any atom is 0.204 e. The lowest BCUT2D eigenvalue weighted by molar-refractivity contribution is 0.305. The van der Waals surface area contributed by atoms with Crippen molar-refractivity contribution in [3.63, 3.8) is 0 Å². The van der Waals surface area contributed by atoms with Gasteiger partial charge >= 0.3 is 0 Å². The van der Waals surface area contributed by atoms with Crippen LogP contribution in [-0.2, 0) is 0 Å². The Morgan fingerprint density at radius 3 is 1.97 bits per heavy atom. The van der Waals surface area contributed by atoms with E-state index in [9.17, 15) is 4.79 Å². The fourth-order valence-electron chi connectivity index (χ4n) is 3.05. The van der Waals surface area contributed by atoms with E-state index in [0.717, 1.165) is 46.6 Å². The van der Waals surface area contributed by atoms with Crippen molar-refractivity contribution in [3.05, 3.63) is 52.9 Å². The molecule has 0 radical (unpaired) electrons. The van der Waals surface area contributed by atoms with Gasteiger partial charge in [-0.15, -0.1) is 0 Å². The molecule has 1 aromatic heterocycles. The minimum atomic E-state index is -0.139. The summed E-state index contributed by atoms with van der Waals surface area (Å²) in [5.41, 5.74) is 1.54. The second-order valence-electron chi connectivity index (χ2n) is 6.97. The number of halogens is 3. The van der Waals surface area contributed by atoms with Gasteiger partial charge in [0.1, 0.15) is 34.5 Å². The minimum absolute atomic E-state index is 0.139. The van der Waals surface area contributed by atoms with Crippen molar-refractivity contribution in [2.75, 3.05) is 35.8 Å². The molecule has 0 aliphatic heterocycles. The Morgan fingerprint density at radius 1 is 0.750 bits per heavy atom. The second kappa shape index (κ2) is 13.3. The van der Waals surface area contributed by atoms with Gasteiger partial charge in [-0.05, 0) is 37.0 Å². The summed E-state index contributed by atoms with van der Waals surface area (Å²) in [4.78, 5) is 13.4. The van der Waals surface area contributed by atoms with Crippen LogP contribution in [0.2, 0.25) is 0 Å². The largest absolute Gasteiger partial charge is 0.494 e. The summed E-state index contributed by atoms with van der Waals surface area (Å²) in [5, 5.41) is 2.99. The van der Waals surface area contributed by atoms with Crippen LogP contribution in [0.1, 0.15) is 19.3 Å². The molecule has 0 bridgehead atoms. The molecule has 3 aromatic rings. The van der Waals surface area contributed by atoms with Gasteiger partial charge in [0, 0.05) is 28.1 Å². The van der Waals surface area contributed by atoms with Crippen molar-refractivity contribution >= 4 is 58.8 Å². The SMILES string of the molecule is O=c1c(-c2ccc(OCCCBr)cc2)coc2cc(OCCCBr)cc(OCCCBr)c12. The van der Waals surface area contributed by atoms with E-state index in [2.05, 4.69) is 47.8 Å². The zero-order chi connectivity index (χ0) is 22.8. The van der Waals surface area contributed by atoms with E-state index in [1.807, 2.05) is 24.3 Å². The highest BCUT2D eigenvalue weighted by Crippen LogP contribution is 2.32. The molecule has 0 N–H and O–H groups in total. The molecule has 3 rings (SSSR count). The van der Waals surface area contributed by atoms with Crippen LogP contribution < -0.4 is 19.6 Å². The topological polar surface area (TPSA) is 57.9 Å². The molecular weight excluding hydrogens is 608 g/mol. The maximum atomic E-state index is 13.4. The quantitative estimate of drug-likeness (QED) is 0.151. The smallest absolute Gasteiger partial charge is 0.204 e. The molecule has 32 heavy (non-hydrogen) atoms. The number of ether oxygens (including phenoxy) is 3. The summed E-state index contributed by atoms with van der Waals surface area (Å²) in [6.45, 7) is 1.68. The predicted octanol–water partition coefficient (Wildman–Crippen LogP) is 6.95. The highest BCUT2D eigenvalue weighted by Gasteiger charge is 2.16. The molecule has 0 saturated heterocycles. The Hall–Kier alpha value is -1.51. The van der Waals surface area contributed by atoms with E-state index in [1.165, 1.54) is 6.26 Å². The Labute approximate surface area is 212 Å². The summed E-state index contributed by atoms with van der Waals surface area (Å²) in [6.07, 6.45) is 4.11. The molecule has 5 nitrogen and oxygen atoms in total. The average Bonchev–Trinajstić information content (AvgIpc) is 2.80. The molecular formula is C24H25Br3O5. The van der Waals surface area contributed by atoms with Crippen LogP contribution in [0.25, 0.3) is 22.1 Å². The van der Waals surface area contributed by atoms with Crippen molar-refractivity contribution < 1.29 is 18.6 Å². The van der Waals surface area contributed by atoms with E-state index in [0.29, 0.717) is 47.9 Å². The highest BCUT2D eigenvalue weighted by atomic mass is 79.9. The van der Waals surface area contributed by atoms with Gasteiger partial charge in [-0.2, -0.15) is 0 Å². The molecule has 0 amide bonds. The fourth-order valence-corrected chi connectivity index (χ4v) is 3.73. The van der Waals surface area contributed by atoms with Gasteiger partial charge in [0.25, 0.3) is 0 Å². The first-order valence-corrected chi connectivity index (χ1v) is 13.8. The third-order valence-electron chi connectivity index (χ3n) is 4.61. The number of fused-ring (bicyclic) bond motifs is 1. The second-order valence-corrected chi connectivity index (χ2v) is 9.35. The first-order valence-electron chi connectivity index (χ1n) is 10.4. The number of benzene rings is 2. The Morgan fingerprint density at radius 2 is 1.34 bits per heavy atom. The van der Waals surface area contributed by atoms with Crippen LogP contribution in [-0.4, -0.2) is 35.8 Å². The Balaban J connectivity index is 1.95. The molecule has 2 aromatic carbocycles. The van der Waals surface area contributed by atoms with Gasteiger partial charge in [-0.3, -0.25) is 4.79 Å². The lowest BCUT2D eigenvalue weighted by Crippen LogP contribution is -2.09. The first kappa shape index (κ1) is 25.1. The molecule has 0 atom stereocenters. The lowest BCUT2D eigenvalue weighted by atomic mass is 10.0. The van der Waals surface area contributed by atoms with Crippen LogP contribution in [0.4, 0.5) is 0 Å². The summed E-state index contributed by atoms with van der Waals surface area (Å²) in [5.74, 6) is 1.86. The highest BCUT2D eigenvalue weighted by molar-refractivity contribution is 9.09. The predicted molar refractivity (Wildman–Crippen MR) is 140 cm³/mol. The normalized spacial score (nSPS) is 11.0. The summed E-state index contributed by atoms with van der Waals surface area (Å²) >= 11 is 10.2. The first-order chi connectivity index (χ1) is 15.7. The van der Waals surface area contributed by atoms with Gasteiger partial charge in [-0.1, -0.05) is 59.9 Å². The summed E-state index contributed by atoms with van der Waals surface area (Å²) < 4.78 is 23.3.